The monoisotopic (exact) mass is 367 g/mol. The van der Waals surface area contributed by atoms with Crippen LogP contribution in [0.2, 0.25) is 0 Å². The fraction of sp³-hybridized carbons (Fsp3) is 0.350. The molecule has 0 saturated heterocycles. The van der Waals surface area contributed by atoms with E-state index in [4.69, 9.17) is 4.74 Å². The van der Waals surface area contributed by atoms with Gasteiger partial charge in [-0.25, -0.2) is 4.98 Å². The molecule has 2 aromatic rings. The lowest BCUT2D eigenvalue weighted by Crippen LogP contribution is -2.29. The van der Waals surface area contributed by atoms with Crippen LogP contribution >= 0.6 is 11.8 Å². The Kier molecular flexibility index (Phi) is 5.79. The summed E-state index contributed by atoms with van der Waals surface area (Å²) in [5.74, 6) is 0.936. The third kappa shape index (κ3) is 4.36. The minimum absolute atomic E-state index is 0.256. The molecule has 0 radical (unpaired) electrons. The maximum Gasteiger partial charge on any atom is 0.252 e. The molecule has 134 valence electrons. The van der Waals surface area contributed by atoms with Crippen LogP contribution < -0.4 is 10.1 Å². The first kappa shape index (κ1) is 18.3. The predicted octanol–water partition coefficient (Wildman–Crippen LogP) is 3.67. The van der Waals surface area contributed by atoms with E-state index in [0.717, 1.165) is 24.3 Å². The van der Waals surface area contributed by atoms with Crippen LogP contribution in [0.5, 0.6) is 5.75 Å². The number of nitrogens with zero attached hydrogens (tertiary/aromatic N) is 2. The lowest BCUT2D eigenvalue weighted by molar-refractivity contribution is 0.0946. The third-order valence-corrected chi connectivity index (χ3v) is 4.91. The van der Waals surface area contributed by atoms with Gasteiger partial charge < -0.3 is 10.1 Å². The highest BCUT2D eigenvalue weighted by Gasteiger charge is 2.28. The minimum Gasteiger partial charge on any atom is -0.492 e. The molecule has 1 aliphatic carbocycles. The number of aromatic nitrogens is 1. The molecule has 5 nitrogen and oxygen atoms in total. The zero-order chi connectivity index (χ0) is 18.5. The van der Waals surface area contributed by atoms with Gasteiger partial charge in [-0.2, -0.15) is 5.26 Å². The lowest BCUT2D eigenvalue weighted by atomic mass is 10.1. The highest BCUT2D eigenvalue weighted by Crippen LogP contribution is 2.40. The molecule has 1 N–H and O–H groups in total. The molecule has 0 spiro atoms. The molecule has 1 fully saturated rings. The van der Waals surface area contributed by atoms with Crippen molar-refractivity contribution >= 4 is 17.7 Å². The van der Waals surface area contributed by atoms with Crippen molar-refractivity contribution < 1.29 is 9.53 Å². The molecule has 0 atom stereocenters. The van der Waals surface area contributed by atoms with E-state index in [1.165, 1.54) is 17.3 Å². The van der Waals surface area contributed by atoms with Gasteiger partial charge in [-0.3, -0.25) is 4.79 Å². The number of hydrogen-bond donors (Lipinski definition) is 1. The minimum atomic E-state index is -0.256. The van der Waals surface area contributed by atoms with Crippen molar-refractivity contribution in [3.8, 4) is 11.8 Å². The third-order valence-electron chi connectivity index (χ3n) is 4.23. The molecule has 1 heterocycles. The molecular weight excluding hydrogens is 346 g/mol. The maximum atomic E-state index is 12.6. The fourth-order valence-corrected chi connectivity index (χ4v) is 3.18. The Balaban J connectivity index is 1.64. The van der Waals surface area contributed by atoms with Crippen LogP contribution in [0.25, 0.3) is 0 Å². The van der Waals surface area contributed by atoms with E-state index in [2.05, 4.69) is 16.4 Å². The number of benzene rings is 1. The number of pyridine rings is 1. The van der Waals surface area contributed by atoms with Crippen molar-refractivity contribution in [2.24, 2.45) is 0 Å². The number of rotatable bonds is 7. The molecular formula is C20H21N3O2S. The second-order valence-electron chi connectivity index (χ2n) is 6.28. The number of amides is 1. The molecule has 6 heteroatoms. The van der Waals surface area contributed by atoms with E-state index in [9.17, 15) is 10.1 Å². The highest BCUT2D eigenvalue weighted by molar-refractivity contribution is 7.98. The normalized spacial score (nSPS) is 13.1. The van der Waals surface area contributed by atoms with E-state index < -0.39 is 0 Å². The summed E-state index contributed by atoms with van der Waals surface area (Å²) in [4.78, 5) is 17.1. The van der Waals surface area contributed by atoms with Gasteiger partial charge >= 0.3 is 0 Å². The second-order valence-corrected chi connectivity index (χ2v) is 7.08. The van der Waals surface area contributed by atoms with E-state index in [-0.39, 0.29) is 5.91 Å². The van der Waals surface area contributed by atoms with Crippen LogP contribution in [0.4, 0.5) is 0 Å². The molecule has 0 unspecified atom stereocenters. The van der Waals surface area contributed by atoms with Crippen molar-refractivity contribution in [2.45, 2.75) is 30.7 Å². The van der Waals surface area contributed by atoms with Crippen LogP contribution in [0.15, 0.2) is 35.4 Å². The Morgan fingerprint density at radius 3 is 2.73 bits per heavy atom. The molecule has 0 aliphatic heterocycles. The van der Waals surface area contributed by atoms with Crippen molar-refractivity contribution in [1.82, 2.24) is 10.3 Å². The first-order valence-corrected chi connectivity index (χ1v) is 9.81. The number of carbonyl (C=O) groups excluding carboxylic acids is 1. The molecule has 1 amide bonds. The molecule has 1 saturated carbocycles. The number of hydrogen-bond acceptors (Lipinski definition) is 5. The van der Waals surface area contributed by atoms with Crippen molar-refractivity contribution in [2.75, 3.05) is 19.4 Å². The van der Waals surface area contributed by atoms with E-state index in [0.29, 0.717) is 35.2 Å². The van der Waals surface area contributed by atoms with Crippen molar-refractivity contribution in [3.63, 3.8) is 0 Å². The predicted molar refractivity (Wildman–Crippen MR) is 102 cm³/mol. The molecule has 26 heavy (non-hydrogen) atoms. The number of aryl methyl sites for hydroxylation is 1. The molecule has 3 rings (SSSR count). The number of carbonyl (C=O) groups is 1. The Morgan fingerprint density at radius 2 is 2.12 bits per heavy atom. The summed E-state index contributed by atoms with van der Waals surface area (Å²) in [6.07, 6.45) is 4.06. The standard InChI is InChI=1S/C20H21N3O2S/c1-13-3-7-15(8-4-13)25-10-9-22-19(24)16-11-18(14-5-6-14)23-20(26-2)17(16)12-21/h3-4,7-8,11,14H,5-6,9-10H2,1-2H3,(H,22,24). The van der Waals surface area contributed by atoms with E-state index in [1.807, 2.05) is 37.4 Å². The van der Waals surface area contributed by atoms with Crippen LogP contribution in [-0.4, -0.2) is 30.3 Å². The van der Waals surface area contributed by atoms with Gasteiger partial charge in [0.15, 0.2) is 0 Å². The average Bonchev–Trinajstić information content (AvgIpc) is 3.50. The van der Waals surface area contributed by atoms with Crippen molar-refractivity contribution in [1.29, 1.82) is 5.26 Å². The van der Waals surface area contributed by atoms with Crippen LogP contribution in [0.3, 0.4) is 0 Å². The van der Waals surface area contributed by atoms with Gasteiger partial charge in [-0.1, -0.05) is 17.7 Å². The SMILES string of the molecule is CSc1nc(C2CC2)cc(C(=O)NCCOc2ccc(C)cc2)c1C#N. The van der Waals surface area contributed by atoms with Gasteiger partial charge in [0.25, 0.3) is 5.91 Å². The summed E-state index contributed by atoms with van der Waals surface area (Å²) in [5, 5.41) is 12.9. The lowest BCUT2D eigenvalue weighted by Gasteiger charge is -2.11. The quantitative estimate of drug-likeness (QED) is 0.597. The highest BCUT2D eigenvalue weighted by atomic mass is 32.2. The summed E-state index contributed by atoms with van der Waals surface area (Å²) in [7, 11) is 0. The van der Waals surface area contributed by atoms with E-state index >= 15 is 0 Å². The van der Waals surface area contributed by atoms with Gasteiger partial charge in [0.1, 0.15) is 23.5 Å². The summed E-state index contributed by atoms with van der Waals surface area (Å²) in [5.41, 5.74) is 2.83. The largest absolute Gasteiger partial charge is 0.492 e. The zero-order valence-electron chi connectivity index (χ0n) is 14.9. The summed E-state index contributed by atoms with van der Waals surface area (Å²) in [6.45, 7) is 2.75. The summed E-state index contributed by atoms with van der Waals surface area (Å²) >= 11 is 1.40. The maximum absolute atomic E-state index is 12.6. The first-order chi connectivity index (χ1) is 12.6. The number of nitrogens with one attached hydrogen (secondary N) is 1. The number of thioether (sulfide) groups is 1. The summed E-state index contributed by atoms with van der Waals surface area (Å²) < 4.78 is 5.62. The van der Waals surface area contributed by atoms with E-state index in [1.54, 1.807) is 6.07 Å². The Labute approximate surface area is 157 Å². The average molecular weight is 367 g/mol. The Hall–Kier alpha value is -2.52. The Morgan fingerprint density at radius 1 is 1.38 bits per heavy atom. The number of ether oxygens (including phenoxy) is 1. The van der Waals surface area contributed by atoms with Crippen LogP contribution in [0.1, 0.15) is 45.9 Å². The molecule has 1 aromatic heterocycles. The molecule has 0 bridgehead atoms. The van der Waals surface area contributed by atoms with Gasteiger partial charge in [-0.05, 0) is 44.2 Å². The topological polar surface area (TPSA) is 75.0 Å². The van der Waals surface area contributed by atoms with Gasteiger partial charge in [0.05, 0.1) is 17.7 Å². The van der Waals surface area contributed by atoms with Gasteiger partial charge in [-0.15, -0.1) is 11.8 Å². The van der Waals surface area contributed by atoms with Gasteiger partial charge in [0, 0.05) is 11.6 Å². The van der Waals surface area contributed by atoms with Crippen LogP contribution in [0, 0.1) is 18.3 Å². The summed E-state index contributed by atoms with van der Waals surface area (Å²) in [6, 6.07) is 11.7. The smallest absolute Gasteiger partial charge is 0.252 e. The number of nitriles is 1. The fourth-order valence-electron chi connectivity index (χ4n) is 2.63. The molecule has 1 aromatic carbocycles. The van der Waals surface area contributed by atoms with Crippen molar-refractivity contribution in [3.05, 3.63) is 52.7 Å². The van der Waals surface area contributed by atoms with Crippen LogP contribution in [-0.2, 0) is 0 Å². The zero-order valence-corrected chi connectivity index (χ0v) is 15.7. The molecule has 1 aliphatic rings. The second kappa shape index (κ2) is 8.24. The first-order valence-electron chi connectivity index (χ1n) is 8.59. The van der Waals surface area contributed by atoms with Gasteiger partial charge in [0.2, 0.25) is 0 Å². The Bertz CT molecular complexity index is 839.